The maximum atomic E-state index is 14.8. The number of carbonyl (C=O) groups is 12. The fraction of sp³-hybridized carbons (Fsp3) is 0.432. The van der Waals surface area contributed by atoms with Crippen LogP contribution in [-0.4, -0.2) is 201 Å². The summed E-state index contributed by atoms with van der Waals surface area (Å²) in [5.74, 6) is -9.01. The summed E-state index contributed by atoms with van der Waals surface area (Å²) in [6.07, 6.45) is 4.60. The summed E-state index contributed by atoms with van der Waals surface area (Å²) >= 11 is 0. The smallest absolute Gasteiger partial charge is 0.407 e. The Bertz CT molecular complexity index is 4120. The molecule has 33 nitrogen and oxygen atoms in total. The van der Waals surface area contributed by atoms with Gasteiger partial charge >= 0.3 is 6.09 Å². The first-order chi connectivity index (χ1) is 51.4. The minimum Gasteiger partial charge on any atom is -0.508 e. The molecule has 9 atom stereocenters. The van der Waals surface area contributed by atoms with E-state index in [4.69, 9.17) is 21.6 Å². The third-order valence-electron chi connectivity index (χ3n) is 18.9. The summed E-state index contributed by atoms with van der Waals surface area (Å²) in [6, 6.07) is 16.7. The van der Waals surface area contributed by atoms with Gasteiger partial charge in [0.25, 0.3) is 0 Å². The lowest BCUT2D eigenvalue weighted by Gasteiger charge is -2.30. The predicted molar refractivity (Wildman–Crippen MR) is 390 cm³/mol. The number of rotatable bonds is 38. The standard InChI is InChI=1S/C74H94N18O15/c1-41(2)31-56(67(100)85-55(20-11-29-80-73(76)77)72(105)92-30-12-21-61(92)71(104)82-37-62(75)95)86-65(98)53(91-74(106)107-39-51-49-16-5-3-14-47(49)48-15-4-6-17-50(48)51)19-9-10-28-79-64(97)57(32-42-22-24-45(94)25-23-42)87-70(103)60(38-93)90-68(101)58(33-43-35-81-52-18-8-7-13-46(43)52)88-69(102)59(34-44-36-78-40-83-44)89-66(99)54-26-27-63(96)84-54/h3-8,13-18,22-25,35-36,40-41,51,53-61,81,93-94H,9-12,19-21,26-34,37-39H2,1-2H3,(H2,75,95)(H,78,83)(H,79,97)(H,82,104)(H,84,96)(H,85,100)(H,86,98)(H,87,103)(H,88,102)(H,89,99)(H,90,101)(H,91,106)(H4,76,77,80)/t53-,54+,55+,56+,57+,58+,59+,60+,61+/m1/s1. The summed E-state index contributed by atoms with van der Waals surface area (Å²) in [5, 5.41) is 58.7. The normalized spacial score (nSPS) is 16.4. The zero-order valence-corrected chi connectivity index (χ0v) is 59.5. The lowest BCUT2D eigenvalue weighted by molar-refractivity contribution is -0.142. The Labute approximate surface area is 616 Å². The highest BCUT2D eigenvalue weighted by atomic mass is 16.5. The maximum absolute atomic E-state index is 14.8. The minimum atomic E-state index is -1.73. The van der Waals surface area contributed by atoms with Gasteiger partial charge in [-0.15, -0.1) is 0 Å². The zero-order valence-electron chi connectivity index (χ0n) is 59.5. The van der Waals surface area contributed by atoms with Crippen LogP contribution in [0.25, 0.3) is 22.0 Å². The fourth-order valence-corrected chi connectivity index (χ4v) is 13.4. The number of aromatic amines is 2. The van der Waals surface area contributed by atoms with E-state index in [1.807, 2.05) is 68.4 Å². The van der Waals surface area contributed by atoms with Crippen LogP contribution in [0.15, 0.2) is 116 Å². The van der Waals surface area contributed by atoms with E-state index < -0.39 is 133 Å². The summed E-state index contributed by atoms with van der Waals surface area (Å²) < 4.78 is 5.90. The van der Waals surface area contributed by atoms with Crippen molar-refractivity contribution in [3.63, 3.8) is 0 Å². The summed E-state index contributed by atoms with van der Waals surface area (Å²) in [5.41, 5.74) is 16.8. The number of imidazole rings is 1. The van der Waals surface area contributed by atoms with Crippen molar-refractivity contribution < 1.29 is 72.5 Å². The molecule has 12 amide bonds. The number of aromatic nitrogens is 3. The SMILES string of the molecule is CC(C)C[C@H](NC(=O)[C@@H](CCCCNC(=O)[C@H](Cc1ccc(O)cc1)NC(=O)[C@H](CO)NC(=O)[C@H](Cc1c[nH]c2ccccc12)NC(=O)[C@H](Cc1c[nH]cn1)NC(=O)[C@@H]1CCC(=O)N1)NC(=O)OCC1c2ccccc2-c2ccccc21)C(=O)N[C@@H](CCCNC(=N)N)C(=O)N1CCC[C@H]1C(=O)NCC(N)=O. The third-order valence-corrected chi connectivity index (χ3v) is 18.9. The zero-order chi connectivity index (χ0) is 76.7. The number of nitrogens with one attached hydrogen (secondary N) is 14. The van der Waals surface area contributed by atoms with E-state index in [9.17, 15) is 67.7 Å². The van der Waals surface area contributed by atoms with Gasteiger partial charge in [0.1, 0.15) is 66.7 Å². The first kappa shape index (κ1) is 79.2. The number of amides is 12. The molecule has 0 radical (unpaired) electrons. The van der Waals surface area contributed by atoms with Crippen LogP contribution in [-0.2, 0) is 76.7 Å². The highest BCUT2D eigenvalue weighted by Gasteiger charge is 2.40. The van der Waals surface area contributed by atoms with Gasteiger partial charge < -0.3 is 99.8 Å². The molecule has 2 aliphatic heterocycles. The molecule has 1 aliphatic carbocycles. The average molecular weight is 1480 g/mol. The molecule has 0 unspecified atom stereocenters. The van der Waals surface area contributed by atoms with E-state index in [2.05, 4.69) is 73.4 Å². The fourth-order valence-electron chi connectivity index (χ4n) is 13.4. The van der Waals surface area contributed by atoms with Crippen molar-refractivity contribution in [1.82, 2.24) is 78.3 Å². The molecule has 9 rings (SSSR count). The van der Waals surface area contributed by atoms with Gasteiger partial charge in [-0.1, -0.05) is 92.7 Å². The number of primary amides is 1. The monoisotopic (exact) mass is 1470 g/mol. The Morgan fingerprint density at radius 3 is 1.90 bits per heavy atom. The second-order valence-corrected chi connectivity index (χ2v) is 27.2. The van der Waals surface area contributed by atoms with Crippen LogP contribution >= 0.6 is 0 Å². The second-order valence-electron chi connectivity index (χ2n) is 27.2. The number of likely N-dealkylation sites (tertiary alicyclic amines) is 1. The number of nitrogens with zero attached hydrogens (tertiary/aromatic N) is 2. The van der Waals surface area contributed by atoms with Crippen LogP contribution in [0.1, 0.15) is 112 Å². The number of ether oxygens (including phenoxy) is 1. The lowest BCUT2D eigenvalue weighted by atomic mass is 9.98. The van der Waals surface area contributed by atoms with E-state index in [1.165, 1.54) is 41.7 Å². The molecular weight excluding hydrogens is 1380 g/mol. The van der Waals surface area contributed by atoms with Crippen LogP contribution in [0.4, 0.5) is 4.79 Å². The number of benzene rings is 4. The molecule has 570 valence electrons. The molecule has 20 N–H and O–H groups in total. The maximum Gasteiger partial charge on any atom is 0.407 e. The molecular formula is C74H94N18O15. The van der Waals surface area contributed by atoms with Crippen molar-refractivity contribution in [3.8, 4) is 16.9 Å². The van der Waals surface area contributed by atoms with E-state index in [1.54, 1.807) is 24.4 Å². The molecule has 0 spiro atoms. The number of phenolic OH excluding ortho intramolecular Hbond substituents is 1. The number of unbranched alkanes of at least 4 members (excludes halogenated alkanes) is 1. The number of hydrogen-bond acceptors (Lipinski definition) is 17. The van der Waals surface area contributed by atoms with E-state index in [0.717, 1.165) is 22.3 Å². The molecule has 107 heavy (non-hydrogen) atoms. The van der Waals surface area contributed by atoms with Crippen molar-refractivity contribution >= 4 is 87.9 Å². The summed E-state index contributed by atoms with van der Waals surface area (Å²) in [4.78, 5) is 178. The second kappa shape index (κ2) is 38.2. The van der Waals surface area contributed by atoms with Crippen molar-refractivity contribution in [2.75, 3.05) is 39.4 Å². The van der Waals surface area contributed by atoms with Crippen LogP contribution in [0.5, 0.6) is 5.75 Å². The quantitative estimate of drug-likeness (QED) is 0.0137. The highest BCUT2D eigenvalue weighted by molar-refractivity contribution is 5.99. The van der Waals surface area contributed by atoms with Gasteiger partial charge in [0.05, 0.1) is 25.2 Å². The topological polar surface area (TPSA) is 510 Å². The van der Waals surface area contributed by atoms with Crippen molar-refractivity contribution in [3.05, 3.63) is 144 Å². The van der Waals surface area contributed by atoms with Gasteiger partial charge in [-0.2, -0.15) is 0 Å². The molecule has 4 aromatic carbocycles. The van der Waals surface area contributed by atoms with Crippen molar-refractivity contribution in [2.45, 2.75) is 158 Å². The Kier molecular flexibility index (Phi) is 28.3. The summed E-state index contributed by atoms with van der Waals surface area (Å²) in [7, 11) is 0. The van der Waals surface area contributed by atoms with E-state index >= 15 is 0 Å². The number of hydrogen-bond donors (Lipinski definition) is 18. The van der Waals surface area contributed by atoms with E-state index in [-0.39, 0.29) is 133 Å². The molecule has 2 saturated heterocycles. The molecule has 2 aromatic heterocycles. The Morgan fingerprint density at radius 1 is 0.636 bits per heavy atom. The number of alkyl carbamates (subject to hydrolysis) is 1. The Hall–Kier alpha value is -11.9. The number of aliphatic hydroxyl groups is 1. The first-order valence-electron chi connectivity index (χ1n) is 35.8. The number of H-pyrrole nitrogens is 2. The van der Waals surface area contributed by atoms with Crippen molar-refractivity contribution in [1.29, 1.82) is 5.41 Å². The number of carbonyl (C=O) groups excluding carboxylic acids is 12. The third kappa shape index (κ3) is 22.3. The molecule has 33 heteroatoms. The first-order valence-corrected chi connectivity index (χ1v) is 35.8. The molecule has 2 fully saturated rings. The van der Waals surface area contributed by atoms with Crippen LogP contribution < -0.4 is 70.0 Å². The molecule has 6 aromatic rings. The van der Waals surface area contributed by atoms with Crippen molar-refractivity contribution in [2.24, 2.45) is 17.4 Å². The Morgan fingerprint density at radius 2 is 1.24 bits per heavy atom. The van der Waals surface area contributed by atoms with Gasteiger partial charge in [0.2, 0.25) is 65.0 Å². The number of aliphatic hydroxyl groups excluding tert-OH is 1. The molecule has 3 aliphatic rings. The molecule has 4 heterocycles. The van der Waals surface area contributed by atoms with Crippen LogP contribution in [0.3, 0.4) is 0 Å². The molecule has 0 bridgehead atoms. The number of guanidine groups is 1. The van der Waals surface area contributed by atoms with Gasteiger partial charge in [0.15, 0.2) is 5.96 Å². The van der Waals surface area contributed by atoms with E-state index in [0.29, 0.717) is 34.1 Å². The Balaban J connectivity index is 0.891. The lowest BCUT2D eigenvalue weighted by Crippen LogP contribution is -2.60. The largest absolute Gasteiger partial charge is 0.508 e. The molecule has 0 saturated carbocycles. The van der Waals surface area contributed by atoms with Gasteiger partial charge in [-0.25, -0.2) is 9.78 Å². The minimum absolute atomic E-state index is 0.00954. The van der Waals surface area contributed by atoms with Crippen LogP contribution in [0, 0.1) is 11.3 Å². The number of para-hydroxylation sites is 1. The average Bonchev–Trinajstić information content (AvgIpc) is 1.62. The highest BCUT2D eigenvalue weighted by Crippen LogP contribution is 2.44. The van der Waals surface area contributed by atoms with Gasteiger partial charge in [-0.05, 0) is 115 Å². The van der Waals surface area contributed by atoms with Gasteiger partial charge in [0, 0.05) is 74.5 Å². The number of fused-ring (bicyclic) bond motifs is 4. The predicted octanol–water partition coefficient (Wildman–Crippen LogP) is -0.100. The number of phenols is 1. The number of nitrogens with two attached hydrogens (primary N) is 2. The van der Waals surface area contributed by atoms with Gasteiger partial charge in [-0.3, -0.25) is 58.1 Å². The number of aromatic hydroxyl groups is 1. The van der Waals surface area contributed by atoms with Crippen LogP contribution in [0.2, 0.25) is 0 Å². The summed E-state index contributed by atoms with van der Waals surface area (Å²) in [6.45, 7) is 2.29.